The molecule has 0 bridgehead atoms. The van der Waals surface area contributed by atoms with Crippen LogP contribution in [0.2, 0.25) is 0 Å². The van der Waals surface area contributed by atoms with Gasteiger partial charge in [0.1, 0.15) is 6.07 Å². The molecule has 0 unspecified atom stereocenters. The molecule has 0 atom stereocenters. The molecule has 27 heavy (non-hydrogen) atoms. The third-order valence-corrected chi connectivity index (χ3v) is 5.16. The quantitative estimate of drug-likeness (QED) is 0.658. The van der Waals surface area contributed by atoms with Gasteiger partial charge in [-0.3, -0.25) is 0 Å². The van der Waals surface area contributed by atoms with E-state index in [9.17, 15) is 5.26 Å². The van der Waals surface area contributed by atoms with Gasteiger partial charge in [0.15, 0.2) is 17.2 Å². The van der Waals surface area contributed by atoms with Gasteiger partial charge in [-0.15, -0.1) is 5.10 Å². The average Bonchev–Trinajstić information content (AvgIpc) is 3.10. The number of benzene rings is 1. The fraction of sp³-hybridized carbons (Fsp3) is 0.350. The van der Waals surface area contributed by atoms with E-state index in [-0.39, 0.29) is 0 Å². The van der Waals surface area contributed by atoms with Gasteiger partial charge in [-0.2, -0.15) is 9.78 Å². The molecule has 7 nitrogen and oxygen atoms in total. The Morgan fingerprint density at radius 2 is 1.93 bits per heavy atom. The van der Waals surface area contributed by atoms with Gasteiger partial charge in [-0.25, -0.2) is 4.98 Å². The molecule has 2 aromatic heterocycles. The summed E-state index contributed by atoms with van der Waals surface area (Å²) in [6, 6.07) is 12.7. The van der Waals surface area contributed by atoms with Crippen LogP contribution >= 0.6 is 0 Å². The monoisotopic (exact) mass is 361 g/mol. The molecule has 1 fully saturated rings. The molecule has 1 aliphatic carbocycles. The van der Waals surface area contributed by atoms with E-state index in [1.54, 1.807) is 10.7 Å². The smallest absolute Gasteiger partial charge is 0.179 e. The summed E-state index contributed by atoms with van der Waals surface area (Å²) < 4.78 is 1.61. The summed E-state index contributed by atoms with van der Waals surface area (Å²) in [6.07, 6.45) is 5.64. The van der Waals surface area contributed by atoms with Crippen molar-refractivity contribution in [3.63, 3.8) is 0 Å². The van der Waals surface area contributed by atoms with Crippen molar-refractivity contribution in [3.05, 3.63) is 47.8 Å². The minimum Gasteiger partial charge on any atom is -0.366 e. The first-order chi connectivity index (χ1) is 13.2. The van der Waals surface area contributed by atoms with E-state index in [4.69, 9.17) is 5.73 Å². The number of nitrogens with zero attached hydrogens (tertiary/aromatic N) is 4. The fourth-order valence-electron chi connectivity index (χ4n) is 3.56. The molecule has 2 heterocycles. The van der Waals surface area contributed by atoms with E-state index in [0.29, 0.717) is 23.4 Å². The first-order valence-corrected chi connectivity index (χ1v) is 9.28. The van der Waals surface area contributed by atoms with Crippen molar-refractivity contribution in [1.82, 2.24) is 14.6 Å². The lowest BCUT2D eigenvalue weighted by atomic mass is 9.92. The van der Waals surface area contributed by atoms with Gasteiger partial charge >= 0.3 is 0 Å². The van der Waals surface area contributed by atoms with Crippen molar-refractivity contribution in [3.8, 4) is 6.07 Å². The van der Waals surface area contributed by atoms with E-state index in [1.165, 1.54) is 0 Å². The van der Waals surface area contributed by atoms with Crippen LogP contribution in [0.4, 0.5) is 17.2 Å². The Morgan fingerprint density at radius 3 is 2.63 bits per heavy atom. The number of hydrogen-bond donors (Lipinski definition) is 3. The molecule has 0 radical (unpaired) electrons. The molecule has 1 aliphatic rings. The number of nitrogens with one attached hydrogen (secondary N) is 2. The predicted octanol–water partition coefficient (Wildman–Crippen LogP) is 3.33. The van der Waals surface area contributed by atoms with Crippen LogP contribution in [0.15, 0.2) is 36.5 Å². The zero-order valence-corrected chi connectivity index (χ0v) is 15.3. The maximum atomic E-state index is 9.41. The van der Waals surface area contributed by atoms with Crippen LogP contribution in [0.5, 0.6) is 0 Å². The molecule has 0 aliphatic heterocycles. The topological polar surface area (TPSA) is 104 Å². The zero-order valence-electron chi connectivity index (χ0n) is 15.3. The molecule has 0 saturated heterocycles. The summed E-state index contributed by atoms with van der Waals surface area (Å²) in [5, 5.41) is 21.1. The number of imidazole rings is 1. The Morgan fingerprint density at radius 1 is 1.19 bits per heavy atom. The molecular weight excluding hydrogens is 338 g/mol. The first-order valence-electron chi connectivity index (χ1n) is 9.28. The second kappa shape index (κ2) is 7.25. The number of fused-ring (bicyclic) bond motifs is 1. The minimum absolute atomic E-state index is 0.300. The predicted molar refractivity (Wildman–Crippen MR) is 106 cm³/mol. The highest BCUT2D eigenvalue weighted by Gasteiger charge is 2.22. The van der Waals surface area contributed by atoms with Gasteiger partial charge in [0.05, 0.1) is 11.9 Å². The van der Waals surface area contributed by atoms with Crippen LogP contribution in [0.3, 0.4) is 0 Å². The second-order valence-electron chi connectivity index (χ2n) is 7.09. The van der Waals surface area contributed by atoms with Crippen LogP contribution in [0.1, 0.15) is 36.9 Å². The summed E-state index contributed by atoms with van der Waals surface area (Å²) in [6.45, 7) is 2.02. The number of nitrogens with two attached hydrogens (primary N) is 1. The Bertz CT molecular complexity index is 979. The minimum atomic E-state index is 0.300. The van der Waals surface area contributed by atoms with E-state index in [2.05, 4.69) is 26.8 Å². The van der Waals surface area contributed by atoms with Gasteiger partial charge in [0.2, 0.25) is 0 Å². The van der Waals surface area contributed by atoms with E-state index in [0.717, 1.165) is 48.4 Å². The van der Waals surface area contributed by atoms with Crippen molar-refractivity contribution in [2.24, 2.45) is 5.73 Å². The van der Waals surface area contributed by atoms with E-state index >= 15 is 0 Å². The highest BCUT2D eigenvalue weighted by atomic mass is 15.3. The van der Waals surface area contributed by atoms with Crippen molar-refractivity contribution < 1.29 is 0 Å². The Labute approximate surface area is 158 Å². The summed E-state index contributed by atoms with van der Waals surface area (Å²) in [7, 11) is 0. The van der Waals surface area contributed by atoms with E-state index < -0.39 is 0 Å². The SMILES string of the molecule is Cc1c(N[C@H]2CC[C@H](N)CC2)nn2c(C#N)cnc2c1Nc1ccccc1. The lowest BCUT2D eigenvalue weighted by molar-refractivity contribution is 0.410. The molecular formula is C20H23N7. The van der Waals surface area contributed by atoms with Gasteiger partial charge in [0.25, 0.3) is 0 Å². The number of aromatic nitrogens is 3. The van der Waals surface area contributed by atoms with Gasteiger partial charge in [-0.05, 0) is 44.7 Å². The third-order valence-electron chi connectivity index (χ3n) is 5.16. The molecule has 0 amide bonds. The normalized spacial score (nSPS) is 19.6. The van der Waals surface area contributed by atoms with E-state index in [1.807, 2.05) is 37.3 Å². The van der Waals surface area contributed by atoms with Crippen LogP contribution in [-0.4, -0.2) is 26.7 Å². The number of hydrogen-bond acceptors (Lipinski definition) is 6. The molecule has 138 valence electrons. The largest absolute Gasteiger partial charge is 0.366 e. The number of anilines is 3. The number of para-hydroxylation sites is 1. The Balaban J connectivity index is 1.75. The molecule has 4 rings (SSSR count). The summed E-state index contributed by atoms with van der Waals surface area (Å²) in [5.41, 5.74) is 9.88. The van der Waals surface area contributed by atoms with Crippen molar-refractivity contribution in [2.75, 3.05) is 10.6 Å². The third kappa shape index (κ3) is 3.44. The van der Waals surface area contributed by atoms with Gasteiger partial charge in [0, 0.05) is 23.3 Å². The second-order valence-corrected chi connectivity index (χ2v) is 7.09. The molecule has 1 aromatic carbocycles. The lowest BCUT2D eigenvalue weighted by Gasteiger charge is -2.28. The van der Waals surface area contributed by atoms with Gasteiger partial charge in [-0.1, -0.05) is 18.2 Å². The van der Waals surface area contributed by atoms with Crippen molar-refractivity contribution in [1.29, 1.82) is 5.26 Å². The number of nitriles is 1. The Kier molecular flexibility index (Phi) is 4.65. The van der Waals surface area contributed by atoms with Crippen LogP contribution in [0.25, 0.3) is 5.65 Å². The van der Waals surface area contributed by atoms with Crippen molar-refractivity contribution in [2.45, 2.75) is 44.7 Å². The molecule has 1 saturated carbocycles. The first kappa shape index (κ1) is 17.3. The molecule has 3 aromatic rings. The maximum Gasteiger partial charge on any atom is 0.179 e. The average molecular weight is 361 g/mol. The zero-order chi connectivity index (χ0) is 18.8. The Hall–Kier alpha value is -3.11. The lowest BCUT2D eigenvalue weighted by Crippen LogP contribution is -2.33. The number of rotatable bonds is 4. The van der Waals surface area contributed by atoms with Crippen LogP contribution < -0.4 is 16.4 Å². The fourth-order valence-corrected chi connectivity index (χ4v) is 3.56. The highest BCUT2D eigenvalue weighted by Crippen LogP contribution is 2.31. The summed E-state index contributed by atoms with van der Waals surface area (Å²) in [4.78, 5) is 4.42. The molecule has 7 heteroatoms. The van der Waals surface area contributed by atoms with Gasteiger partial charge < -0.3 is 16.4 Å². The maximum absolute atomic E-state index is 9.41. The summed E-state index contributed by atoms with van der Waals surface area (Å²) in [5.74, 6) is 0.774. The standard InChI is InChI=1S/C20H23N7/c1-13-18(24-15-5-3-2-4-6-15)20-23-12-17(11-21)27(20)26-19(13)25-16-9-7-14(22)8-10-16/h2-6,12,14,16,24H,7-10,22H2,1H3,(H,25,26)/t14-,16-. The molecule has 4 N–H and O–H groups in total. The summed E-state index contributed by atoms with van der Waals surface area (Å²) >= 11 is 0. The highest BCUT2D eigenvalue weighted by molar-refractivity contribution is 5.80. The van der Waals surface area contributed by atoms with Crippen molar-refractivity contribution >= 4 is 22.8 Å². The van der Waals surface area contributed by atoms with Crippen LogP contribution in [-0.2, 0) is 0 Å². The molecule has 0 spiro atoms. The van der Waals surface area contributed by atoms with Crippen LogP contribution in [0, 0.1) is 18.3 Å².